The van der Waals surface area contributed by atoms with E-state index in [1.807, 2.05) is 0 Å². The molecule has 0 unspecified atom stereocenters. The molecule has 2 aromatic rings. The molecule has 2 N–H and O–H groups in total. The largest absolute Gasteiger partial charge is 0.324 e. The summed E-state index contributed by atoms with van der Waals surface area (Å²) in [6.07, 6.45) is 7.34. The zero-order chi connectivity index (χ0) is 21.4. The van der Waals surface area contributed by atoms with Crippen LogP contribution in [0.1, 0.15) is 41.5 Å². The number of hydrogen-bond acceptors (Lipinski definition) is 7. The van der Waals surface area contributed by atoms with Crippen LogP contribution < -0.4 is 5.32 Å². The van der Waals surface area contributed by atoms with E-state index in [0.717, 1.165) is 64.1 Å². The third-order valence-electron chi connectivity index (χ3n) is 6.96. The summed E-state index contributed by atoms with van der Waals surface area (Å²) in [6.45, 7) is 4.87. The van der Waals surface area contributed by atoms with Crippen molar-refractivity contribution in [3.63, 3.8) is 0 Å². The number of likely N-dealkylation sites (N-methyl/N-ethyl adjacent to an activating group) is 1. The average molecular weight is 445 g/mol. The van der Waals surface area contributed by atoms with Crippen LogP contribution in [0.5, 0.6) is 0 Å². The number of piperazine rings is 1. The zero-order valence-electron chi connectivity index (χ0n) is 18.3. The summed E-state index contributed by atoms with van der Waals surface area (Å²) < 4.78 is 25.6. The maximum absolute atomic E-state index is 12.8. The minimum Gasteiger partial charge on any atom is -0.324 e. The van der Waals surface area contributed by atoms with E-state index in [2.05, 4.69) is 43.4 Å². The molecule has 1 aromatic carbocycles. The Hall–Kier alpha value is -1.97. The molecule has 31 heavy (non-hydrogen) atoms. The lowest BCUT2D eigenvalue weighted by molar-refractivity contribution is 0.154. The second kappa shape index (κ2) is 8.52. The number of H-pyrrole nitrogens is 1. The minimum absolute atomic E-state index is 0.0300. The van der Waals surface area contributed by atoms with Gasteiger partial charge in [0.15, 0.2) is 0 Å². The summed E-state index contributed by atoms with van der Waals surface area (Å²) in [7, 11) is -1.35. The smallest absolute Gasteiger partial charge is 0.248 e. The molecule has 0 atom stereocenters. The van der Waals surface area contributed by atoms with Crippen LogP contribution in [-0.4, -0.2) is 78.9 Å². The highest BCUT2D eigenvalue weighted by molar-refractivity contribution is 7.91. The SMILES string of the molecule is CN1CCN(CCCS(=O)(=O)c2nnc(Nc3c4c(cc5c3CCC5)CCC4)[nH]2)CC1. The number of anilines is 2. The number of rotatable bonds is 7. The highest BCUT2D eigenvalue weighted by Crippen LogP contribution is 2.39. The van der Waals surface area contributed by atoms with Gasteiger partial charge in [-0.1, -0.05) is 6.07 Å². The number of nitrogens with one attached hydrogen (secondary N) is 2. The average Bonchev–Trinajstić information content (AvgIpc) is 3.49. The Morgan fingerprint density at radius 2 is 1.68 bits per heavy atom. The van der Waals surface area contributed by atoms with E-state index >= 15 is 0 Å². The summed E-state index contributed by atoms with van der Waals surface area (Å²) >= 11 is 0. The predicted octanol–water partition coefficient (Wildman–Crippen LogP) is 1.94. The third kappa shape index (κ3) is 4.36. The van der Waals surface area contributed by atoms with E-state index in [4.69, 9.17) is 0 Å². The molecule has 2 heterocycles. The van der Waals surface area contributed by atoms with Gasteiger partial charge in [-0.05, 0) is 80.8 Å². The summed E-state index contributed by atoms with van der Waals surface area (Å²) in [5.74, 6) is 0.511. The predicted molar refractivity (Wildman–Crippen MR) is 121 cm³/mol. The first-order valence-electron chi connectivity index (χ1n) is 11.5. The zero-order valence-corrected chi connectivity index (χ0v) is 19.1. The Morgan fingerprint density at radius 3 is 2.35 bits per heavy atom. The van der Waals surface area contributed by atoms with Gasteiger partial charge in [0.05, 0.1) is 5.75 Å². The molecule has 168 valence electrons. The number of fused-ring (bicyclic) bond motifs is 2. The first kappa shape index (κ1) is 20.9. The molecular weight excluding hydrogens is 412 g/mol. The molecule has 0 saturated carbocycles. The number of sulfone groups is 1. The van der Waals surface area contributed by atoms with Crippen LogP contribution in [0.3, 0.4) is 0 Å². The first-order valence-corrected chi connectivity index (χ1v) is 13.1. The molecule has 0 spiro atoms. The molecular formula is C22H32N6O2S. The highest BCUT2D eigenvalue weighted by Gasteiger charge is 2.26. The van der Waals surface area contributed by atoms with Gasteiger partial charge in [0.25, 0.3) is 0 Å². The van der Waals surface area contributed by atoms with Gasteiger partial charge in [0, 0.05) is 31.9 Å². The Balaban J connectivity index is 1.25. The van der Waals surface area contributed by atoms with Gasteiger partial charge in [-0.25, -0.2) is 8.42 Å². The standard InChI is InChI=1S/C22H32N6O2S/c1-27-10-12-28(13-11-27)9-4-14-31(29,30)22-24-21(25-26-22)23-20-18-7-2-5-16(18)15-17-6-3-8-19(17)20/h15H,2-14H2,1H3,(H2,23,24,25,26). The molecule has 0 bridgehead atoms. The monoisotopic (exact) mass is 444 g/mol. The molecule has 0 amide bonds. The number of hydrogen-bond donors (Lipinski definition) is 2. The van der Waals surface area contributed by atoms with E-state index in [1.54, 1.807) is 0 Å². The summed E-state index contributed by atoms with van der Waals surface area (Å²) in [4.78, 5) is 7.57. The van der Waals surface area contributed by atoms with Crippen molar-refractivity contribution in [3.8, 4) is 0 Å². The van der Waals surface area contributed by atoms with Crippen molar-refractivity contribution in [2.75, 3.05) is 50.8 Å². The maximum Gasteiger partial charge on any atom is 0.248 e. The Kier molecular flexibility index (Phi) is 5.75. The third-order valence-corrected chi connectivity index (χ3v) is 8.56. The molecule has 9 heteroatoms. The van der Waals surface area contributed by atoms with E-state index < -0.39 is 9.84 Å². The molecule has 2 aliphatic carbocycles. The van der Waals surface area contributed by atoms with Gasteiger partial charge in [0.2, 0.25) is 20.9 Å². The number of nitrogens with zero attached hydrogens (tertiary/aromatic N) is 4. The van der Waals surface area contributed by atoms with Crippen molar-refractivity contribution in [3.05, 3.63) is 28.3 Å². The van der Waals surface area contributed by atoms with E-state index in [9.17, 15) is 8.42 Å². The molecule has 1 aliphatic heterocycles. The van der Waals surface area contributed by atoms with Crippen molar-refractivity contribution in [1.29, 1.82) is 0 Å². The van der Waals surface area contributed by atoms with E-state index in [-0.39, 0.29) is 10.9 Å². The maximum atomic E-state index is 12.8. The van der Waals surface area contributed by atoms with Gasteiger partial charge in [-0.15, -0.1) is 10.2 Å². The van der Waals surface area contributed by atoms with Crippen LogP contribution >= 0.6 is 0 Å². The highest BCUT2D eigenvalue weighted by atomic mass is 32.2. The van der Waals surface area contributed by atoms with Crippen LogP contribution in [0, 0.1) is 0 Å². The number of aromatic nitrogens is 3. The van der Waals surface area contributed by atoms with Gasteiger partial charge in [-0.2, -0.15) is 0 Å². The van der Waals surface area contributed by atoms with Gasteiger partial charge in [0.1, 0.15) is 0 Å². The van der Waals surface area contributed by atoms with Crippen LogP contribution in [0.4, 0.5) is 11.6 Å². The Labute approximate surface area is 184 Å². The lowest BCUT2D eigenvalue weighted by atomic mass is 9.99. The Morgan fingerprint density at radius 1 is 1.00 bits per heavy atom. The first-order chi connectivity index (χ1) is 15.0. The van der Waals surface area contributed by atoms with Gasteiger partial charge < -0.3 is 15.1 Å². The molecule has 1 fully saturated rings. The van der Waals surface area contributed by atoms with Crippen molar-refractivity contribution < 1.29 is 8.42 Å². The van der Waals surface area contributed by atoms with Crippen molar-refractivity contribution in [2.24, 2.45) is 0 Å². The second-order valence-electron chi connectivity index (χ2n) is 9.16. The molecule has 0 radical (unpaired) electrons. The van der Waals surface area contributed by atoms with Gasteiger partial charge >= 0.3 is 0 Å². The summed E-state index contributed by atoms with van der Waals surface area (Å²) in [5.41, 5.74) is 6.73. The van der Waals surface area contributed by atoms with Crippen LogP contribution in [0.25, 0.3) is 0 Å². The number of aromatic amines is 1. The quantitative estimate of drug-likeness (QED) is 0.674. The van der Waals surface area contributed by atoms with Crippen LogP contribution in [0.2, 0.25) is 0 Å². The van der Waals surface area contributed by atoms with Crippen LogP contribution in [0.15, 0.2) is 11.2 Å². The molecule has 8 nitrogen and oxygen atoms in total. The topological polar surface area (TPSA) is 94.2 Å². The van der Waals surface area contributed by atoms with Crippen molar-refractivity contribution in [2.45, 2.75) is 50.1 Å². The lowest BCUT2D eigenvalue weighted by Gasteiger charge is -2.32. The molecule has 1 saturated heterocycles. The molecule has 5 rings (SSSR count). The molecule has 3 aliphatic rings. The molecule has 1 aromatic heterocycles. The van der Waals surface area contributed by atoms with Crippen molar-refractivity contribution in [1.82, 2.24) is 25.0 Å². The van der Waals surface area contributed by atoms with E-state index in [1.165, 1.54) is 35.1 Å². The van der Waals surface area contributed by atoms with Gasteiger partial charge in [-0.3, -0.25) is 4.98 Å². The minimum atomic E-state index is -3.47. The summed E-state index contributed by atoms with van der Waals surface area (Å²) in [5, 5.41) is 11.5. The normalized spacial score (nSPS) is 19.5. The van der Waals surface area contributed by atoms with Crippen LogP contribution in [-0.2, 0) is 35.5 Å². The second-order valence-corrected chi connectivity index (χ2v) is 11.2. The Bertz CT molecular complexity index is 1020. The fourth-order valence-electron chi connectivity index (χ4n) is 5.17. The fraction of sp³-hybridized carbons (Fsp3) is 0.636. The summed E-state index contributed by atoms with van der Waals surface area (Å²) in [6, 6.07) is 2.38. The number of benzene rings is 1. The van der Waals surface area contributed by atoms with E-state index in [0.29, 0.717) is 12.4 Å². The number of aryl methyl sites for hydroxylation is 2. The fourth-order valence-corrected chi connectivity index (χ4v) is 6.29. The lowest BCUT2D eigenvalue weighted by Crippen LogP contribution is -2.44. The van der Waals surface area contributed by atoms with Crippen molar-refractivity contribution >= 4 is 21.5 Å².